The number of hydrogen-bond acceptors (Lipinski definition) is 4. The standard InChI is InChI=1S/C17H22N2OS/c1-3-4-17-19-13(11-21-17)10-20-14-6-7-15-12(9-14)5-8-16(15)18-2/h6-7,9,11,16,18H,3-5,8,10H2,1-2H3. The third-order valence-corrected chi connectivity index (χ3v) is 4.95. The molecule has 0 amide bonds. The van der Waals surface area contributed by atoms with E-state index in [1.54, 1.807) is 11.3 Å². The van der Waals surface area contributed by atoms with Crippen LogP contribution < -0.4 is 10.1 Å². The van der Waals surface area contributed by atoms with Crippen LogP contribution in [0, 0.1) is 0 Å². The van der Waals surface area contributed by atoms with E-state index in [9.17, 15) is 0 Å². The SMILES string of the molecule is CCCc1nc(COc2ccc3c(c2)CCC3NC)cs1. The summed E-state index contributed by atoms with van der Waals surface area (Å²) in [7, 11) is 2.03. The fourth-order valence-corrected chi connectivity index (χ4v) is 3.77. The Morgan fingerprint density at radius 1 is 1.43 bits per heavy atom. The van der Waals surface area contributed by atoms with Crippen molar-refractivity contribution in [2.75, 3.05) is 7.05 Å². The number of aromatic nitrogens is 1. The Balaban J connectivity index is 1.63. The van der Waals surface area contributed by atoms with E-state index in [-0.39, 0.29) is 0 Å². The topological polar surface area (TPSA) is 34.1 Å². The van der Waals surface area contributed by atoms with Crippen molar-refractivity contribution in [3.8, 4) is 5.75 Å². The summed E-state index contributed by atoms with van der Waals surface area (Å²) in [6, 6.07) is 6.96. The van der Waals surface area contributed by atoms with E-state index in [1.807, 2.05) is 7.05 Å². The second kappa shape index (κ2) is 6.58. The molecular weight excluding hydrogens is 280 g/mol. The first kappa shape index (κ1) is 14.5. The summed E-state index contributed by atoms with van der Waals surface area (Å²) in [5.41, 5.74) is 3.87. The summed E-state index contributed by atoms with van der Waals surface area (Å²) in [5.74, 6) is 0.954. The molecule has 0 radical (unpaired) electrons. The summed E-state index contributed by atoms with van der Waals surface area (Å²) < 4.78 is 5.90. The zero-order chi connectivity index (χ0) is 14.7. The molecule has 1 unspecified atom stereocenters. The molecule has 1 atom stereocenters. The monoisotopic (exact) mass is 302 g/mol. The maximum Gasteiger partial charge on any atom is 0.131 e. The van der Waals surface area contributed by atoms with Gasteiger partial charge >= 0.3 is 0 Å². The van der Waals surface area contributed by atoms with Crippen LogP contribution in [-0.4, -0.2) is 12.0 Å². The molecule has 1 aliphatic carbocycles. The molecule has 0 aliphatic heterocycles. The number of aryl methyl sites for hydroxylation is 2. The van der Waals surface area contributed by atoms with E-state index in [2.05, 4.69) is 40.8 Å². The second-order valence-corrected chi connectivity index (χ2v) is 6.45. The van der Waals surface area contributed by atoms with Crippen molar-refractivity contribution in [3.05, 3.63) is 45.4 Å². The molecule has 1 aromatic carbocycles. The Morgan fingerprint density at radius 2 is 2.33 bits per heavy atom. The van der Waals surface area contributed by atoms with E-state index in [0.717, 1.165) is 30.7 Å². The van der Waals surface area contributed by atoms with E-state index >= 15 is 0 Å². The van der Waals surface area contributed by atoms with Gasteiger partial charge in [-0.3, -0.25) is 0 Å². The maximum absolute atomic E-state index is 5.90. The highest BCUT2D eigenvalue weighted by Crippen LogP contribution is 2.33. The molecule has 0 saturated carbocycles. The van der Waals surface area contributed by atoms with Crippen LogP contribution in [0.1, 0.15) is 47.6 Å². The van der Waals surface area contributed by atoms with Gasteiger partial charge in [0, 0.05) is 11.4 Å². The Bertz CT molecular complexity index is 609. The quantitative estimate of drug-likeness (QED) is 0.879. The number of hydrogen-bond donors (Lipinski definition) is 1. The summed E-state index contributed by atoms with van der Waals surface area (Å²) in [6.45, 7) is 2.75. The van der Waals surface area contributed by atoms with Crippen molar-refractivity contribution in [2.45, 2.75) is 45.3 Å². The summed E-state index contributed by atoms with van der Waals surface area (Å²) in [5, 5.41) is 6.68. The summed E-state index contributed by atoms with van der Waals surface area (Å²) in [6.07, 6.45) is 4.53. The van der Waals surface area contributed by atoms with Gasteiger partial charge in [0.25, 0.3) is 0 Å². The Hall–Kier alpha value is -1.39. The van der Waals surface area contributed by atoms with Crippen LogP contribution in [0.2, 0.25) is 0 Å². The number of rotatable bonds is 6. The van der Waals surface area contributed by atoms with E-state index in [1.165, 1.54) is 22.6 Å². The molecule has 0 spiro atoms. The van der Waals surface area contributed by atoms with Crippen LogP contribution in [-0.2, 0) is 19.4 Å². The largest absolute Gasteiger partial charge is 0.487 e. The first-order valence-electron chi connectivity index (χ1n) is 7.66. The van der Waals surface area contributed by atoms with Crippen LogP contribution in [0.25, 0.3) is 0 Å². The molecular formula is C17H22N2OS. The molecule has 2 aromatic rings. The fourth-order valence-electron chi connectivity index (χ4n) is 2.88. The number of nitrogens with one attached hydrogen (secondary N) is 1. The van der Waals surface area contributed by atoms with Gasteiger partial charge in [-0.1, -0.05) is 13.0 Å². The molecule has 0 fully saturated rings. The van der Waals surface area contributed by atoms with Crippen LogP contribution in [0.5, 0.6) is 5.75 Å². The minimum Gasteiger partial charge on any atom is -0.487 e. The first-order chi connectivity index (χ1) is 10.3. The molecule has 1 aromatic heterocycles. The maximum atomic E-state index is 5.90. The fraction of sp³-hybridized carbons (Fsp3) is 0.471. The Kier molecular flexibility index (Phi) is 4.56. The van der Waals surface area contributed by atoms with Crippen molar-refractivity contribution in [2.24, 2.45) is 0 Å². The molecule has 4 heteroatoms. The lowest BCUT2D eigenvalue weighted by Gasteiger charge is -2.11. The average Bonchev–Trinajstić information content (AvgIpc) is 3.11. The lowest BCUT2D eigenvalue weighted by molar-refractivity contribution is 0.301. The van der Waals surface area contributed by atoms with Gasteiger partial charge in [0.1, 0.15) is 12.4 Å². The van der Waals surface area contributed by atoms with E-state index < -0.39 is 0 Å². The zero-order valence-electron chi connectivity index (χ0n) is 12.7. The van der Waals surface area contributed by atoms with Gasteiger partial charge in [0.2, 0.25) is 0 Å². The van der Waals surface area contributed by atoms with Gasteiger partial charge in [-0.15, -0.1) is 11.3 Å². The minimum absolute atomic E-state index is 0.504. The van der Waals surface area contributed by atoms with Gasteiger partial charge in [0.05, 0.1) is 10.7 Å². The highest BCUT2D eigenvalue weighted by atomic mass is 32.1. The predicted octanol–water partition coefficient (Wildman–Crippen LogP) is 3.88. The van der Waals surface area contributed by atoms with Crippen LogP contribution in [0.15, 0.2) is 23.6 Å². The third-order valence-electron chi connectivity index (χ3n) is 3.99. The van der Waals surface area contributed by atoms with Crippen LogP contribution in [0.4, 0.5) is 0 Å². The smallest absolute Gasteiger partial charge is 0.131 e. The Labute approximate surface area is 130 Å². The van der Waals surface area contributed by atoms with Crippen molar-refractivity contribution in [1.29, 1.82) is 0 Å². The molecule has 0 saturated heterocycles. The number of ether oxygens (including phenoxy) is 1. The predicted molar refractivity (Wildman–Crippen MR) is 87.0 cm³/mol. The normalized spacial score (nSPS) is 17.0. The van der Waals surface area contributed by atoms with Gasteiger partial charge < -0.3 is 10.1 Å². The lowest BCUT2D eigenvalue weighted by Crippen LogP contribution is -2.12. The zero-order valence-corrected chi connectivity index (χ0v) is 13.5. The molecule has 112 valence electrons. The minimum atomic E-state index is 0.504. The molecule has 3 rings (SSSR count). The summed E-state index contributed by atoms with van der Waals surface area (Å²) in [4.78, 5) is 4.60. The Morgan fingerprint density at radius 3 is 3.14 bits per heavy atom. The van der Waals surface area contributed by atoms with Crippen molar-refractivity contribution in [3.63, 3.8) is 0 Å². The van der Waals surface area contributed by atoms with Crippen molar-refractivity contribution >= 4 is 11.3 Å². The average molecular weight is 302 g/mol. The van der Waals surface area contributed by atoms with Crippen molar-refractivity contribution in [1.82, 2.24) is 10.3 Å². The number of thiazole rings is 1. The number of fused-ring (bicyclic) bond motifs is 1. The lowest BCUT2D eigenvalue weighted by atomic mass is 10.1. The highest BCUT2D eigenvalue weighted by molar-refractivity contribution is 7.09. The number of benzene rings is 1. The van der Waals surface area contributed by atoms with Crippen LogP contribution in [0.3, 0.4) is 0 Å². The van der Waals surface area contributed by atoms with Crippen LogP contribution >= 0.6 is 11.3 Å². The van der Waals surface area contributed by atoms with Gasteiger partial charge in [-0.05, 0) is 56.0 Å². The van der Waals surface area contributed by atoms with Gasteiger partial charge in [-0.25, -0.2) is 4.98 Å². The first-order valence-corrected chi connectivity index (χ1v) is 8.54. The molecule has 3 nitrogen and oxygen atoms in total. The van der Waals surface area contributed by atoms with Gasteiger partial charge in [-0.2, -0.15) is 0 Å². The molecule has 1 N–H and O–H groups in total. The molecule has 21 heavy (non-hydrogen) atoms. The van der Waals surface area contributed by atoms with Gasteiger partial charge in [0.15, 0.2) is 0 Å². The summed E-state index contributed by atoms with van der Waals surface area (Å²) >= 11 is 1.73. The van der Waals surface area contributed by atoms with E-state index in [0.29, 0.717) is 12.6 Å². The van der Waals surface area contributed by atoms with Crippen molar-refractivity contribution < 1.29 is 4.74 Å². The molecule has 0 bridgehead atoms. The molecule has 1 heterocycles. The number of nitrogens with zero attached hydrogens (tertiary/aromatic N) is 1. The highest BCUT2D eigenvalue weighted by Gasteiger charge is 2.21. The molecule has 1 aliphatic rings. The second-order valence-electron chi connectivity index (χ2n) is 5.51. The third kappa shape index (κ3) is 3.27. The van der Waals surface area contributed by atoms with E-state index in [4.69, 9.17) is 4.74 Å².